The molecule has 1 heterocycles. The molecule has 1 aromatic carbocycles. The van der Waals surface area contributed by atoms with Gasteiger partial charge in [0, 0.05) is 35.3 Å². The van der Waals surface area contributed by atoms with Crippen LogP contribution in [-0.2, 0) is 4.79 Å². The van der Waals surface area contributed by atoms with Crippen LogP contribution in [-0.4, -0.2) is 16.8 Å². The number of Topliss-reactive ketones (excluding diaryl/α,β-unsaturated/α-hetero) is 1. The van der Waals surface area contributed by atoms with E-state index in [1.807, 2.05) is 0 Å². The fourth-order valence-corrected chi connectivity index (χ4v) is 6.86. The smallest absolute Gasteiger partial charge is 0.162 e. The lowest BCUT2D eigenvalue weighted by atomic mass is 9.92. The van der Waals surface area contributed by atoms with Gasteiger partial charge in [-0.15, -0.1) is 0 Å². The van der Waals surface area contributed by atoms with Crippen LogP contribution in [0.1, 0.15) is 80.9 Å². The summed E-state index contributed by atoms with van der Waals surface area (Å²) >= 11 is 0. The summed E-state index contributed by atoms with van der Waals surface area (Å²) in [5, 5.41) is 0. The van der Waals surface area contributed by atoms with Crippen LogP contribution in [0.25, 0.3) is 11.1 Å². The Morgan fingerprint density at radius 2 is 1.89 bits per heavy atom. The molecule has 0 aliphatic heterocycles. The van der Waals surface area contributed by atoms with Crippen molar-refractivity contribution >= 4 is 5.78 Å². The third kappa shape index (κ3) is 3.85. The van der Waals surface area contributed by atoms with Crippen LogP contribution >= 0.6 is 0 Å². The lowest BCUT2D eigenvalue weighted by Gasteiger charge is -2.14. The first-order valence-corrected chi connectivity index (χ1v) is 13.6. The molecule has 7 rings (SSSR count). The Kier molecular flexibility index (Phi) is 4.99. The minimum atomic E-state index is 0.115. The number of fused-ring (bicyclic) bond motifs is 2. The number of rotatable bonds is 5. The molecule has 178 valence electrons. The monoisotopic (exact) mass is 462 g/mol. The number of ketones is 1. The summed E-state index contributed by atoms with van der Waals surface area (Å²) in [4.78, 5) is 18.2. The van der Waals surface area contributed by atoms with E-state index in [1.54, 1.807) is 0 Å². The number of aromatic nitrogens is 1. The van der Waals surface area contributed by atoms with Crippen molar-refractivity contribution in [1.29, 1.82) is 0 Å². The average Bonchev–Trinajstić information content (AvgIpc) is 3.80. The van der Waals surface area contributed by atoms with Crippen molar-refractivity contribution in [2.45, 2.75) is 75.7 Å². The molecule has 1 aromatic heterocycles. The highest BCUT2D eigenvalue weighted by Gasteiger charge is 2.54. The number of nitrogens with two attached hydrogens (primary N) is 1. The van der Waals surface area contributed by atoms with Gasteiger partial charge in [-0.05, 0) is 103 Å². The SMILES string of the molecule is N[C@@H]1CCC(C(=O)C2=CC=C3C(=CC2)C(c2ccc(-c4cccc(C5CC5)c4)cn2)CC32CC2)C1. The lowest BCUT2D eigenvalue weighted by Crippen LogP contribution is -2.19. The number of hydrogen-bond acceptors (Lipinski definition) is 3. The van der Waals surface area contributed by atoms with Crippen molar-refractivity contribution in [3.05, 3.63) is 88.8 Å². The fourth-order valence-electron chi connectivity index (χ4n) is 6.86. The van der Waals surface area contributed by atoms with Crippen molar-refractivity contribution in [2.75, 3.05) is 0 Å². The number of carbonyl (C=O) groups excluding carboxylic acids is 1. The molecule has 3 atom stereocenters. The second kappa shape index (κ2) is 8.13. The van der Waals surface area contributed by atoms with Crippen molar-refractivity contribution in [2.24, 2.45) is 17.1 Å². The largest absolute Gasteiger partial charge is 0.328 e. The van der Waals surface area contributed by atoms with E-state index < -0.39 is 0 Å². The zero-order chi connectivity index (χ0) is 23.6. The normalized spacial score (nSPS) is 28.7. The second-order valence-electron chi connectivity index (χ2n) is 11.7. The fraction of sp³-hybridized carbons (Fsp3) is 0.438. The maximum absolute atomic E-state index is 13.2. The van der Waals surface area contributed by atoms with E-state index >= 15 is 0 Å². The second-order valence-corrected chi connectivity index (χ2v) is 11.7. The number of hydrogen-bond donors (Lipinski definition) is 1. The third-order valence-electron chi connectivity index (χ3n) is 9.27. The van der Waals surface area contributed by atoms with Crippen molar-refractivity contribution in [3.63, 3.8) is 0 Å². The molecule has 3 heteroatoms. The molecule has 5 aliphatic rings. The van der Waals surface area contributed by atoms with Crippen LogP contribution in [0.3, 0.4) is 0 Å². The predicted molar refractivity (Wildman–Crippen MR) is 140 cm³/mol. The molecule has 3 nitrogen and oxygen atoms in total. The Morgan fingerprint density at radius 1 is 1.00 bits per heavy atom. The molecule has 4 saturated carbocycles. The molecule has 0 amide bonds. The van der Waals surface area contributed by atoms with Crippen LogP contribution < -0.4 is 5.73 Å². The molecule has 4 fully saturated rings. The summed E-state index contributed by atoms with van der Waals surface area (Å²) in [6.45, 7) is 0. The van der Waals surface area contributed by atoms with Gasteiger partial charge in [0.2, 0.25) is 0 Å². The van der Waals surface area contributed by atoms with Gasteiger partial charge in [-0.25, -0.2) is 0 Å². The standard InChI is InChI=1S/C32H34N2O/c33-26-10-6-24(17-26)31(35)21-7-11-27-28(18-32(14-15-32)29(27)12-8-21)30-13-9-25(19-34-30)23-3-1-2-22(16-23)20-4-5-20/h1-3,8-9,11-13,16,19-20,24,26,28H,4-7,10,14-15,17-18,33H2/t24?,26-,28?/m1/s1. The Hall–Kier alpha value is -2.78. The van der Waals surface area contributed by atoms with Gasteiger partial charge in [-0.2, -0.15) is 0 Å². The van der Waals surface area contributed by atoms with E-state index in [9.17, 15) is 4.79 Å². The molecule has 0 radical (unpaired) electrons. The van der Waals surface area contributed by atoms with Crippen LogP contribution in [0.5, 0.6) is 0 Å². The van der Waals surface area contributed by atoms with Crippen molar-refractivity contribution < 1.29 is 4.79 Å². The number of allylic oxidation sites excluding steroid dienone is 6. The highest BCUT2D eigenvalue weighted by molar-refractivity contribution is 5.98. The molecular formula is C32H34N2O. The highest BCUT2D eigenvalue weighted by Crippen LogP contribution is 2.67. The first-order valence-electron chi connectivity index (χ1n) is 13.6. The molecule has 0 bridgehead atoms. The van der Waals surface area contributed by atoms with Gasteiger partial charge in [0.05, 0.1) is 0 Å². The molecule has 5 aliphatic carbocycles. The van der Waals surface area contributed by atoms with Crippen LogP contribution in [0, 0.1) is 11.3 Å². The van der Waals surface area contributed by atoms with Crippen LogP contribution in [0.15, 0.2) is 77.5 Å². The molecule has 35 heavy (non-hydrogen) atoms. The van der Waals surface area contributed by atoms with E-state index in [-0.39, 0.29) is 12.0 Å². The first kappa shape index (κ1) is 21.5. The summed E-state index contributed by atoms with van der Waals surface area (Å²) in [6.07, 6.45) is 18.7. The lowest BCUT2D eigenvalue weighted by molar-refractivity contribution is -0.119. The summed E-state index contributed by atoms with van der Waals surface area (Å²) in [7, 11) is 0. The van der Waals surface area contributed by atoms with Gasteiger partial charge >= 0.3 is 0 Å². The summed E-state index contributed by atoms with van der Waals surface area (Å²) in [5.41, 5.74) is 15.4. The van der Waals surface area contributed by atoms with E-state index in [2.05, 4.69) is 60.8 Å². The molecule has 2 unspecified atom stereocenters. The number of nitrogens with zero attached hydrogens (tertiary/aromatic N) is 1. The summed E-state index contributed by atoms with van der Waals surface area (Å²) in [6, 6.07) is 13.7. The number of pyridine rings is 1. The number of carbonyl (C=O) groups is 1. The van der Waals surface area contributed by atoms with E-state index in [1.165, 1.54) is 59.2 Å². The Labute approximate surface area is 208 Å². The predicted octanol–water partition coefficient (Wildman–Crippen LogP) is 6.77. The first-order chi connectivity index (χ1) is 17.1. The quantitative estimate of drug-likeness (QED) is 0.533. The third-order valence-corrected chi connectivity index (χ3v) is 9.27. The molecule has 1 spiro atoms. The van der Waals surface area contributed by atoms with Crippen molar-refractivity contribution in [3.8, 4) is 11.1 Å². The molecule has 2 N–H and O–H groups in total. The van der Waals surface area contributed by atoms with E-state index in [0.717, 1.165) is 43.6 Å². The van der Waals surface area contributed by atoms with E-state index in [4.69, 9.17) is 10.7 Å². The van der Waals surface area contributed by atoms with Crippen LogP contribution in [0.4, 0.5) is 0 Å². The van der Waals surface area contributed by atoms with Gasteiger partial charge < -0.3 is 5.73 Å². The Morgan fingerprint density at radius 3 is 2.60 bits per heavy atom. The topological polar surface area (TPSA) is 56.0 Å². The zero-order valence-electron chi connectivity index (χ0n) is 20.4. The maximum Gasteiger partial charge on any atom is 0.162 e. The molecule has 2 aromatic rings. The van der Waals surface area contributed by atoms with Gasteiger partial charge in [0.25, 0.3) is 0 Å². The molecule has 0 saturated heterocycles. The minimum Gasteiger partial charge on any atom is -0.328 e. The van der Waals surface area contributed by atoms with E-state index in [0.29, 0.717) is 17.1 Å². The Bertz CT molecular complexity index is 1270. The highest BCUT2D eigenvalue weighted by atomic mass is 16.1. The minimum absolute atomic E-state index is 0.115. The number of benzene rings is 1. The summed E-state index contributed by atoms with van der Waals surface area (Å²) < 4.78 is 0. The van der Waals surface area contributed by atoms with Gasteiger partial charge in [-0.1, -0.05) is 48.6 Å². The van der Waals surface area contributed by atoms with Crippen molar-refractivity contribution in [1.82, 2.24) is 4.98 Å². The van der Waals surface area contributed by atoms with Gasteiger partial charge in [0.1, 0.15) is 0 Å². The van der Waals surface area contributed by atoms with Crippen LogP contribution in [0.2, 0.25) is 0 Å². The zero-order valence-corrected chi connectivity index (χ0v) is 20.4. The average molecular weight is 463 g/mol. The van der Waals surface area contributed by atoms with Gasteiger partial charge in [-0.3, -0.25) is 9.78 Å². The Balaban J connectivity index is 1.15. The van der Waals surface area contributed by atoms with Gasteiger partial charge in [0.15, 0.2) is 5.78 Å². The maximum atomic E-state index is 13.2. The summed E-state index contributed by atoms with van der Waals surface area (Å²) in [5.74, 6) is 1.53. The molecular weight excluding hydrogens is 428 g/mol.